The SMILES string of the molecule is CC1(C)c2cc3sc4ccccc4c3cc2-c2cc3c(cc21)c1ccccc1n3-c1cc(-c2ccccc2)nc(-c2ccccc2)c1. The van der Waals surface area contributed by atoms with Crippen molar-refractivity contribution in [2.75, 3.05) is 0 Å². The van der Waals surface area contributed by atoms with Crippen LogP contribution in [-0.2, 0) is 5.41 Å². The molecule has 0 radical (unpaired) electrons. The zero-order chi connectivity index (χ0) is 31.3. The van der Waals surface area contributed by atoms with E-state index in [0.717, 1.165) is 28.2 Å². The normalized spacial score (nSPS) is 13.5. The van der Waals surface area contributed by atoms with Crippen LogP contribution in [0.25, 0.3) is 81.3 Å². The Labute approximate surface area is 277 Å². The molecule has 0 spiro atoms. The van der Waals surface area contributed by atoms with Crippen LogP contribution >= 0.6 is 11.3 Å². The van der Waals surface area contributed by atoms with E-state index in [4.69, 9.17) is 4.98 Å². The van der Waals surface area contributed by atoms with Crippen LogP contribution in [0.15, 0.2) is 146 Å². The van der Waals surface area contributed by atoms with Gasteiger partial charge in [0, 0.05) is 47.5 Å². The van der Waals surface area contributed by atoms with Gasteiger partial charge in [-0.05, 0) is 70.8 Å². The lowest BCUT2D eigenvalue weighted by atomic mass is 9.82. The largest absolute Gasteiger partial charge is 0.309 e. The van der Waals surface area contributed by atoms with Crippen LogP contribution in [-0.4, -0.2) is 9.55 Å². The number of benzene rings is 6. The summed E-state index contributed by atoms with van der Waals surface area (Å²) < 4.78 is 5.17. The molecule has 47 heavy (non-hydrogen) atoms. The van der Waals surface area contributed by atoms with Gasteiger partial charge in [-0.1, -0.05) is 111 Å². The van der Waals surface area contributed by atoms with E-state index in [-0.39, 0.29) is 5.41 Å². The van der Waals surface area contributed by atoms with Gasteiger partial charge in [0.25, 0.3) is 0 Å². The molecule has 0 bridgehead atoms. The molecule has 0 saturated heterocycles. The summed E-state index contributed by atoms with van der Waals surface area (Å²) in [6.07, 6.45) is 0. The number of hydrogen-bond donors (Lipinski definition) is 0. The molecule has 0 aliphatic heterocycles. The van der Waals surface area contributed by atoms with E-state index in [0.29, 0.717) is 0 Å². The highest BCUT2D eigenvalue weighted by Gasteiger charge is 2.37. The fourth-order valence-electron chi connectivity index (χ4n) is 7.85. The van der Waals surface area contributed by atoms with Crippen LogP contribution < -0.4 is 0 Å². The van der Waals surface area contributed by atoms with Crippen molar-refractivity contribution in [1.29, 1.82) is 0 Å². The third-order valence-electron chi connectivity index (χ3n) is 10.2. The number of nitrogens with zero attached hydrogens (tertiary/aromatic N) is 2. The zero-order valence-corrected chi connectivity index (χ0v) is 27.0. The van der Waals surface area contributed by atoms with Crippen molar-refractivity contribution in [1.82, 2.24) is 9.55 Å². The molecule has 0 saturated carbocycles. The number of hydrogen-bond acceptors (Lipinski definition) is 2. The standard InChI is InChI=1S/C44H30N2S/c1-44(2)36-24-34-30-17-9-11-19-40(30)46(29-21-38(27-13-5-3-6-14-27)45-39(22-29)28-15-7-4-8-16-28)41(34)25-33(36)32-23-35-31-18-10-12-20-42(31)47-43(35)26-37(32)44/h3-26H,1-2H3. The van der Waals surface area contributed by atoms with Gasteiger partial charge in [0.05, 0.1) is 28.1 Å². The summed E-state index contributed by atoms with van der Waals surface area (Å²) in [6.45, 7) is 4.78. The van der Waals surface area contributed by atoms with Crippen molar-refractivity contribution < 1.29 is 0 Å². The first-order chi connectivity index (χ1) is 23.0. The Morgan fingerprint density at radius 2 is 1.09 bits per heavy atom. The first-order valence-corrected chi connectivity index (χ1v) is 17.0. The number of thiophene rings is 1. The Morgan fingerprint density at radius 1 is 0.489 bits per heavy atom. The maximum atomic E-state index is 5.19. The molecule has 1 aliphatic carbocycles. The number of para-hydroxylation sites is 1. The van der Waals surface area contributed by atoms with Crippen molar-refractivity contribution in [2.24, 2.45) is 0 Å². The molecule has 0 amide bonds. The van der Waals surface area contributed by atoms with Crippen molar-refractivity contribution >= 4 is 53.3 Å². The molecular weight excluding hydrogens is 589 g/mol. The van der Waals surface area contributed by atoms with Gasteiger partial charge < -0.3 is 4.57 Å². The third kappa shape index (κ3) is 3.87. The monoisotopic (exact) mass is 618 g/mol. The summed E-state index contributed by atoms with van der Waals surface area (Å²) in [6, 6.07) is 53.1. The highest BCUT2D eigenvalue weighted by Crippen LogP contribution is 2.53. The predicted molar refractivity (Wildman–Crippen MR) is 200 cm³/mol. The van der Waals surface area contributed by atoms with Gasteiger partial charge in [0.2, 0.25) is 0 Å². The number of rotatable bonds is 3. The second-order valence-electron chi connectivity index (χ2n) is 13.2. The number of aromatic nitrogens is 2. The topological polar surface area (TPSA) is 17.8 Å². The summed E-state index contributed by atoms with van der Waals surface area (Å²) in [5, 5.41) is 5.24. The minimum atomic E-state index is -0.107. The van der Waals surface area contributed by atoms with Gasteiger partial charge in [0.1, 0.15) is 0 Å². The minimum Gasteiger partial charge on any atom is -0.309 e. The lowest BCUT2D eigenvalue weighted by Crippen LogP contribution is -2.14. The fraction of sp³-hybridized carbons (Fsp3) is 0.0682. The van der Waals surface area contributed by atoms with E-state index in [1.54, 1.807) is 0 Å². The van der Waals surface area contributed by atoms with E-state index < -0.39 is 0 Å². The van der Waals surface area contributed by atoms with Crippen molar-refractivity contribution in [2.45, 2.75) is 19.3 Å². The van der Waals surface area contributed by atoms with Gasteiger partial charge in [0.15, 0.2) is 0 Å². The molecule has 0 N–H and O–H groups in total. The number of fused-ring (bicyclic) bond motifs is 9. The average molecular weight is 619 g/mol. The van der Waals surface area contributed by atoms with Crippen LogP contribution in [0.1, 0.15) is 25.0 Å². The van der Waals surface area contributed by atoms with Gasteiger partial charge >= 0.3 is 0 Å². The molecular formula is C44H30N2S. The fourth-order valence-corrected chi connectivity index (χ4v) is 8.98. The molecule has 6 aromatic carbocycles. The lowest BCUT2D eigenvalue weighted by Gasteiger charge is -2.21. The lowest BCUT2D eigenvalue weighted by molar-refractivity contribution is 0.662. The minimum absolute atomic E-state index is 0.107. The second-order valence-corrected chi connectivity index (χ2v) is 14.3. The second kappa shape index (κ2) is 9.75. The molecule has 3 heteroatoms. The van der Waals surface area contributed by atoms with Crippen LogP contribution in [0.2, 0.25) is 0 Å². The Bertz CT molecular complexity index is 2640. The molecule has 0 fully saturated rings. The molecule has 222 valence electrons. The Balaban J connectivity index is 1.28. The van der Waals surface area contributed by atoms with E-state index in [2.05, 4.69) is 164 Å². The van der Waals surface area contributed by atoms with Gasteiger partial charge in [-0.3, -0.25) is 0 Å². The van der Waals surface area contributed by atoms with Crippen molar-refractivity contribution in [3.63, 3.8) is 0 Å². The van der Waals surface area contributed by atoms with Gasteiger partial charge in [-0.25, -0.2) is 4.98 Å². The smallest absolute Gasteiger partial charge is 0.0730 e. The first-order valence-electron chi connectivity index (χ1n) is 16.2. The van der Waals surface area contributed by atoms with Gasteiger partial charge in [-0.2, -0.15) is 0 Å². The quantitative estimate of drug-likeness (QED) is 0.193. The number of pyridine rings is 1. The molecule has 3 aromatic heterocycles. The summed E-state index contributed by atoms with van der Waals surface area (Å²) in [7, 11) is 0. The van der Waals surface area contributed by atoms with E-state index >= 15 is 0 Å². The average Bonchev–Trinajstić information content (AvgIpc) is 3.72. The molecule has 0 atom stereocenters. The molecule has 3 heterocycles. The van der Waals surface area contributed by atoms with E-state index in [1.165, 1.54) is 64.2 Å². The van der Waals surface area contributed by atoms with Crippen LogP contribution in [0.4, 0.5) is 0 Å². The summed E-state index contributed by atoms with van der Waals surface area (Å²) in [5.41, 5.74) is 13.1. The van der Waals surface area contributed by atoms with E-state index in [9.17, 15) is 0 Å². The molecule has 1 aliphatic rings. The summed E-state index contributed by atoms with van der Waals surface area (Å²) in [4.78, 5) is 5.19. The summed E-state index contributed by atoms with van der Waals surface area (Å²) in [5.74, 6) is 0. The predicted octanol–water partition coefficient (Wildman–Crippen LogP) is 12.2. The maximum absolute atomic E-state index is 5.19. The van der Waals surface area contributed by atoms with Gasteiger partial charge in [-0.15, -0.1) is 11.3 Å². The molecule has 10 rings (SSSR count). The van der Waals surface area contributed by atoms with Crippen molar-refractivity contribution in [3.8, 4) is 39.3 Å². The maximum Gasteiger partial charge on any atom is 0.0730 e. The highest BCUT2D eigenvalue weighted by molar-refractivity contribution is 7.25. The van der Waals surface area contributed by atoms with Crippen LogP contribution in [0, 0.1) is 0 Å². The zero-order valence-electron chi connectivity index (χ0n) is 26.2. The van der Waals surface area contributed by atoms with Crippen LogP contribution in [0.3, 0.4) is 0 Å². The van der Waals surface area contributed by atoms with E-state index in [1.807, 2.05) is 11.3 Å². The molecule has 0 unspecified atom stereocenters. The summed E-state index contributed by atoms with van der Waals surface area (Å²) >= 11 is 1.90. The molecule has 9 aromatic rings. The molecule has 2 nitrogen and oxygen atoms in total. The Hall–Kier alpha value is -5.51. The first kappa shape index (κ1) is 26.7. The highest BCUT2D eigenvalue weighted by atomic mass is 32.1. The Morgan fingerprint density at radius 3 is 1.81 bits per heavy atom. The Kier molecular flexibility index (Phi) is 5.53. The van der Waals surface area contributed by atoms with Crippen LogP contribution in [0.5, 0.6) is 0 Å². The van der Waals surface area contributed by atoms with Crippen molar-refractivity contribution in [3.05, 3.63) is 157 Å². The third-order valence-corrected chi connectivity index (χ3v) is 11.3.